The zero-order valence-corrected chi connectivity index (χ0v) is 13.5. The average molecular weight is 325 g/mol. The molecule has 1 saturated heterocycles. The first-order chi connectivity index (χ1) is 10.5. The molecule has 0 bridgehead atoms. The van der Waals surface area contributed by atoms with Gasteiger partial charge in [-0.15, -0.1) is 11.8 Å². The lowest BCUT2D eigenvalue weighted by atomic mass is 10.2. The molecular formula is C15H20FN3O2S. The van der Waals surface area contributed by atoms with Gasteiger partial charge in [-0.05, 0) is 30.2 Å². The summed E-state index contributed by atoms with van der Waals surface area (Å²) < 4.78 is 12.9. The van der Waals surface area contributed by atoms with Crippen molar-refractivity contribution in [2.75, 3.05) is 23.5 Å². The lowest BCUT2D eigenvalue weighted by Gasteiger charge is -2.23. The van der Waals surface area contributed by atoms with Crippen molar-refractivity contribution in [2.45, 2.75) is 19.9 Å². The first kappa shape index (κ1) is 16.6. The summed E-state index contributed by atoms with van der Waals surface area (Å²) in [5, 5.41) is 5.54. The molecule has 1 aromatic carbocycles. The van der Waals surface area contributed by atoms with Crippen LogP contribution in [0.25, 0.3) is 0 Å². The molecule has 0 radical (unpaired) electrons. The second-order valence-electron chi connectivity index (χ2n) is 5.56. The maximum absolute atomic E-state index is 12.9. The molecule has 0 spiro atoms. The molecule has 120 valence electrons. The number of carbonyl (C=O) groups is 2. The van der Waals surface area contributed by atoms with Crippen LogP contribution in [0.5, 0.6) is 0 Å². The van der Waals surface area contributed by atoms with Crippen molar-refractivity contribution in [3.05, 3.63) is 30.1 Å². The molecule has 2 N–H and O–H groups in total. The molecule has 1 aliphatic rings. The van der Waals surface area contributed by atoms with Crippen LogP contribution in [0.1, 0.15) is 13.8 Å². The Labute approximate surface area is 133 Å². The molecule has 1 fully saturated rings. The molecule has 0 aromatic heterocycles. The van der Waals surface area contributed by atoms with Gasteiger partial charge in [0.1, 0.15) is 11.9 Å². The van der Waals surface area contributed by atoms with Crippen LogP contribution in [0.15, 0.2) is 24.3 Å². The fourth-order valence-electron chi connectivity index (χ4n) is 2.01. The standard InChI is InChI=1S/C15H20FN3O2S/c1-10(2)7-17-14(20)13-8-22-9-19(13)15(21)18-12-5-3-11(16)4-6-12/h3-6,10,13H,7-9H2,1-2H3,(H,17,20)(H,18,21)/t13-/m1/s1. The first-order valence-corrected chi connectivity index (χ1v) is 8.31. The van der Waals surface area contributed by atoms with E-state index in [0.717, 1.165) is 0 Å². The lowest BCUT2D eigenvalue weighted by Crippen LogP contribution is -2.49. The monoisotopic (exact) mass is 325 g/mol. The maximum atomic E-state index is 12.9. The maximum Gasteiger partial charge on any atom is 0.323 e. The van der Waals surface area contributed by atoms with E-state index in [1.165, 1.54) is 40.9 Å². The van der Waals surface area contributed by atoms with Gasteiger partial charge in [-0.1, -0.05) is 13.8 Å². The van der Waals surface area contributed by atoms with Gasteiger partial charge in [0.25, 0.3) is 0 Å². The predicted molar refractivity (Wildman–Crippen MR) is 86.2 cm³/mol. The van der Waals surface area contributed by atoms with Crippen molar-refractivity contribution >= 4 is 29.4 Å². The third kappa shape index (κ3) is 4.37. The minimum atomic E-state index is -0.468. The first-order valence-electron chi connectivity index (χ1n) is 7.16. The van der Waals surface area contributed by atoms with Crippen molar-refractivity contribution in [2.24, 2.45) is 5.92 Å². The van der Waals surface area contributed by atoms with E-state index in [1.807, 2.05) is 13.8 Å². The molecule has 2 rings (SSSR count). The SMILES string of the molecule is CC(C)CNC(=O)[C@H]1CSCN1C(=O)Nc1ccc(F)cc1. The average Bonchev–Trinajstić information content (AvgIpc) is 2.96. The predicted octanol–water partition coefficient (Wildman–Crippen LogP) is 2.50. The van der Waals surface area contributed by atoms with Crippen LogP contribution >= 0.6 is 11.8 Å². The fourth-order valence-corrected chi connectivity index (χ4v) is 3.16. The number of benzene rings is 1. The summed E-state index contributed by atoms with van der Waals surface area (Å²) in [6, 6.07) is 4.72. The summed E-state index contributed by atoms with van der Waals surface area (Å²) >= 11 is 1.54. The Morgan fingerprint density at radius 2 is 2.05 bits per heavy atom. The summed E-state index contributed by atoms with van der Waals surface area (Å²) in [5.41, 5.74) is 0.504. The van der Waals surface area contributed by atoms with Crippen molar-refractivity contribution in [1.82, 2.24) is 10.2 Å². The highest BCUT2D eigenvalue weighted by atomic mass is 32.2. The van der Waals surface area contributed by atoms with Crippen molar-refractivity contribution < 1.29 is 14.0 Å². The zero-order chi connectivity index (χ0) is 16.1. The third-order valence-corrected chi connectivity index (χ3v) is 4.24. The van der Waals surface area contributed by atoms with Crippen molar-refractivity contribution in [3.63, 3.8) is 0 Å². The van der Waals surface area contributed by atoms with Crippen LogP contribution in [-0.4, -0.2) is 41.1 Å². The van der Waals surface area contributed by atoms with Crippen LogP contribution in [0, 0.1) is 11.7 Å². The lowest BCUT2D eigenvalue weighted by molar-refractivity contribution is -0.124. The highest BCUT2D eigenvalue weighted by Gasteiger charge is 2.34. The van der Waals surface area contributed by atoms with E-state index in [4.69, 9.17) is 0 Å². The molecule has 1 heterocycles. The Bertz CT molecular complexity index is 536. The molecule has 0 unspecified atom stereocenters. The molecule has 0 saturated carbocycles. The minimum absolute atomic E-state index is 0.132. The van der Waals surface area contributed by atoms with Crippen LogP contribution in [0.2, 0.25) is 0 Å². The summed E-state index contributed by atoms with van der Waals surface area (Å²) in [4.78, 5) is 26.0. The quantitative estimate of drug-likeness (QED) is 0.894. The largest absolute Gasteiger partial charge is 0.354 e. The number of carbonyl (C=O) groups excluding carboxylic acids is 2. The molecule has 1 aromatic rings. The topological polar surface area (TPSA) is 61.4 Å². The summed E-state index contributed by atoms with van der Waals surface area (Å²) in [7, 11) is 0. The van der Waals surface area contributed by atoms with Crippen LogP contribution in [0.4, 0.5) is 14.9 Å². The van der Waals surface area contributed by atoms with Gasteiger partial charge in [-0.3, -0.25) is 4.79 Å². The number of nitrogens with zero attached hydrogens (tertiary/aromatic N) is 1. The fraction of sp³-hybridized carbons (Fsp3) is 0.467. The van der Waals surface area contributed by atoms with Crippen molar-refractivity contribution in [1.29, 1.82) is 0 Å². The Hall–Kier alpha value is -1.76. The number of hydrogen-bond acceptors (Lipinski definition) is 3. The van der Waals surface area contributed by atoms with E-state index in [9.17, 15) is 14.0 Å². The smallest absolute Gasteiger partial charge is 0.323 e. The Balaban J connectivity index is 1.95. The number of thioether (sulfide) groups is 1. The Morgan fingerprint density at radius 3 is 2.68 bits per heavy atom. The van der Waals surface area contributed by atoms with E-state index in [-0.39, 0.29) is 17.8 Å². The Kier molecular flexibility index (Phi) is 5.65. The summed E-state index contributed by atoms with van der Waals surface area (Å²) in [5.74, 6) is 0.918. The van der Waals surface area contributed by atoms with Gasteiger partial charge in [-0.25, -0.2) is 9.18 Å². The number of halogens is 1. The second-order valence-corrected chi connectivity index (χ2v) is 6.56. The number of nitrogens with one attached hydrogen (secondary N) is 2. The molecule has 3 amide bonds. The van der Waals surface area contributed by atoms with Gasteiger partial charge in [0.05, 0.1) is 5.88 Å². The highest BCUT2D eigenvalue weighted by Crippen LogP contribution is 2.22. The third-order valence-electron chi connectivity index (χ3n) is 3.23. The van der Waals surface area contributed by atoms with E-state index in [1.54, 1.807) is 0 Å². The van der Waals surface area contributed by atoms with E-state index < -0.39 is 6.04 Å². The normalized spacial score (nSPS) is 17.6. The van der Waals surface area contributed by atoms with Gasteiger partial charge in [-0.2, -0.15) is 0 Å². The van der Waals surface area contributed by atoms with Crippen LogP contribution < -0.4 is 10.6 Å². The highest BCUT2D eigenvalue weighted by molar-refractivity contribution is 7.99. The van der Waals surface area contributed by atoms with Crippen LogP contribution in [0.3, 0.4) is 0 Å². The van der Waals surface area contributed by atoms with E-state index in [0.29, 0.717) is 29.8 Å². The van der Waals surface area contributed by atoms with E-state index in [2.05, 4.69) is 10.6 Å². The van der Waals surface area contributed by atoms with Gasteiger partial charge in [0.15, 0.2) is 0 Å². The molecule has 22 heavy (non-hydrogen) atoms. The summed E-state index contributed by atoms with van der Waals surface area (Å²) in [6.45, 7) is 4.62. The van der Waals surface area contributed by atoms with E-state index >= 15 is 0 Å². The van der Waals surface area contributed by atoms with Crippen molar-refractivity contribution in [3.8, 4) is 0 Å². The molecule has 7 heteroatoms. The van der Waals surface area contributed by atoms with Gasteiger partial charge < -0.3 is 15.5 Å². The number of amides is 3. The molecule has 1 atom stereocenters. The van der Waals surface area contributed by atoms with Crippen LogP contribution in [-0.2, 0) is 4.79 Å². The number of urea groups is 1. The Morgan fingerprint density at radius 1 is 1.36 bits per heavy atom. The van der Waals surface area contributed by atoms with Gasteiger partial charge in [0, 0.05) is 18.0 Å². The number of rotatable bonds is 4. The van der Waals surface area contributed by atoms with Gasteiger partial charge >= 0.3 is 6.03 Å². The summed E-state index contributed by atoms with van der Waals surface area (Å²) in [6.07, 6.45) is 0. The minimum Gasteiger partial charge on any atom is -0.354 e. The second kappa shape index (κ2) is 7.49. The molecular weight excluding hydrogens is 305 g/mol. The number of hydrogen-bond donors (Lipinski definition) is 2. The molecule has 1 aliphatic heterocycles. The molecule has 5 nitrogen and oxygen atoms in total. The van der Waals surface area contributed by atoms with Gasteiger partial charge in [0.2, 0.25) is 5.91 Å². The zero-order valence-electron chi connectivity index (χ0n) is 12.6. The molecule has 0 aliphatic carbocycles. The number of anilines is 1.